The van der Waals surface area contributed by atoms with Crippen LogP contribution in [0.1, 0.15) is 49.8 Å². The minimum atomic E-state index is 0.0755. The number of benzene rings is 1. The molecule has 0 spiro atoms. The summed E-state index contributed by atoms with van der Waals surface area (Å²) in [5.74, 6) is 0.824. The van der Waals surface area contributed by atoms with E-state index in [0.717, 1.165) is 57.4 Å². The largest absolute Gasteiger partial charge is 0.508 e. The van der Waals surface area contributed by atoms with Gasteiger partial charge >= 0.3 is 6.01 Å². The van der Waals surface area contributed by atoms with E-state index in [0.29, 0.717) is 36.2 Å². The maximum absolute atomic E-state index is 11.2. The van der Waals surface area contributed by atoms with Gasteiger partial charge in [-0.25, -0.2) is 0 Å². The first-order valence-electron chi connectivity index (χ1n) is 12.5. The second-order valence-electron chi connectivity index (χ2n) is 10.2. The van der Waals surface area contributed by atoms with Crippen molar-refractivity contribution in [3.8, 4) is 17.5 Å². The molecule has 0 amide bonds. The maximum atomic E-state index is 11.2. The van der Waals surface area contributed by atoms with Crippen molar-refractivity contribution in [1.29, 1.82) is 0 Å². The number of aromatic hydroxyl groups is 2. The van der Waals surface area contributed by atoms with E-state index >= 15 is 0 Å². The highest BCUT2D eigenvalue weighted by atomic mass is 16.5. The Bertz CT molecular complexity index is 1070. The normalized spacial score (nSPS) is 25.8. The van der Waals surface area contributed by atoms with E-state index in [4.69, 9.17) is 9.72 Å². The molecule has 2 bridgehead atoms. The van der Waals surface area contributed by atoms with Crippen LogP contribution in [0, 0.1) is 0 Å². The number of ether oxygens (including phenoxy) is 1. The van der Waals surface area contributed by atoms with Crippen LogP contribution >= 0.6 is 0 Å². The molecular formula is C26H33N5O3. The molecule has 6 rings (SSSR count). The van der Waals surface area contributed by atoms with Gasteiger partial charge in [0.1, 0.15) is 18.1 Å². The zero-order valence-electron chi connectivity index (χ0n) is 19.5. The minimum absolute atomic E-state index is 0.0755. The fourth-order valence-corrected chi connectivity index (χ4v) is 6.27. The van der Waals surface area contributed by atoms with Crippen molar-refractivity contribution in [3.05, 3.63) is 35.5 Å². The molecule has 8 nitrogen and oxygen atoms in total. The fraction of sp³-hybridized carbons (Fsp3) is 0.538. The van der Waals surface area contributed by atoms with Crippen LogP contribution < -0.4 is 15.0 Å². The summed E-state index contributed by atoms with van der Waals surface area (Å²) < 4.78 is 6.27. The summed E-state index contributed by atoms with van der Waals surface area (Å²) in [4.78, 5) is 14.0. The van der Waals surface area contributed by atoms with Crippen molar-refractivity contribution >= 4 is 18.0 Å². The van der Waals surface area contributed by atoms with Crippen LogP contribution in [0.3, 0.4) is 0 Å². The third-order valence-corrected chi connectivity index (χ3v) is 7.97. The molecule has 4 aliphatic rings. The standard InChI is InChI=1S/C26H33N5O3/c32-21-5-1-4-18(14-21)6-9-22-23(33)24(30-15-19-7-8-20(16-30)27-19)29-25(28-22)34-17-26-10-2-12-31(26)13-3-11-26/h1,4-6,9,14,19-20,27,32-33H,2-3,7-8,10-13,15-17H2/b9-6+. The Hall–Kier alpha value is -2.84. The SMILES string of the molecule is Oc1cccc(/C=C/c2nc(OCC34CCCN3CCC4)nc(N3CC4CCC(C3)N4)c2O)c1. The molecule has 0 saturated carbocycles. The van der Waals surface area contributed by atoms with E-state index in [9.17, 15) is 10.2 Å². The van der Waals surface area contributed by atoms with E-state index in [1.165, 1.54) is 12.8 Å². The van der Waals surface area contributed by atoms with Crippen LogP contribution in [0.4, 0.5) is 5.82 Å². The van der Waals surface area contributed by atoms with Crippen LogP contribution in [-0.4, -0.2) is 75.5 Å². The van der Waals surface area contributed by atoms with Crippen molar-refractivity contribution in [2.24, 2.45) is 0 Å². The first-order chi connectivity index (χ1) is 16.6. The minimum Gasteiger partial charge on any atom is -0.508 e. The maximum Gasteiger partial charge on any atom is 0.319 e. The summed E-state index contributed by atoms with van der Waals surface area (Å²) >= 11 is 0. The lowest BCUT2D eigenvalue weighted by Gasteiger charge is -2.34. The Kier molecular flexibility index (Phi) is 5.57. The highest BCUT2D eigenvalue weighted by molar-refractivity contribution is 5.74. The van der Waals surface area contributed by atoms with Crippen LogP contribution in [0.2, 0.25) is 0 Å². The topological polar surface area (TPSA) is 94.0 Å². The number of rotatable bonds is 6. The van der Waals surface area contributed by atoms with E-state index < -0.39 is 0 Å². The molecule has 0 aliphatic carbocycles. The van der Waals surface area contributed by atoms with Crippen LogP contribution in [0.25, 0.3) is 12.2 Å². The van der Waals surface area contributed by atoms with Gasteiger partial charge in [-0.1, -0.05) is 18.2 Å². The summed E-state index contributed by atoms with van der Waals surface area (Å²) in [6.45, 7) is 4.50. The summed E-state index contributed by atoms with van der Waals surface area (Å²) in [7, 11) is 0. The monoisotopic (exact) mass is 463 g/mol. The summed E-state index contributed by atoms with van der Waals surface area (Å²) in [6.07, 6.45) is 10.7. The number of hydrogen-bond acceptors (Lipinski definition) is 8. The smallest absolute Gasteiger partial charge is 0.319 e. The second kappa shape index (κ2) is 8.74. The molecule has 3 N–H and O–H groups in total. The highest BCUT2D eigenvalue weighted by Gasteiger charge is 2.45. The van der Waals surface area contributed by atoms with Gasteiger partial charge in [-0.3, -0.25) is 4.90 Å². The Morgan fingerprint density at radius 1 is 1.06 bits per heavy atom. The quantitative estimate of drug-likeness (QED) is 0.602. The molecule has 180 valence electrons. The predicted octanol–water partition coefficient (Wildman–Crippen LogP) is 3.01. The van der Waals surface area contributed by atoms with Crippen molar-refractivity contribution in [1.82, 2.24) is 20.2 Å². The summed E-state index contributed by atoms with van der Waals surface area (Å²) in [6, 6.07) is 8.17. The van der Waals surface area contributed by atoms with Crippen LogP contribution in [0.15, 0.2) is 24.3 Å². The van der Waals surface area contributed by atoms with Gasteiger partial charge in [-0.05, 0) is 75.4 Å². The highest BCUT2D eigenvalue weighted by Crippen LogP contribution is 2.40. The molecule has 2 atom stereocenters. The average molecular weight is 464 g/mol. The lowest BCUT2D eigenvalue weighted by molar-refractivity contribution is 0.107. The van der Waals surface area contributed by atoms with E-state index in [1.807, 2.05) is 12.1 Å². The molecule has 8 heteroatoms. The van der Waals surface area contributed by atoms with Crippen molar-refractivity contribution in [2.45, 2.75) is 56.1 Å². The van der Waals surface area contributed by atoms with E-state index in [2.05, 4.69) is 20.1 Å². The molecule has 5 heterocycles. The zero-order chi connectivity index (χ0) is 23.1. The van der Waals surface area contributed by atoms with Gasteiger partial charge in [-0.2, -0.15) is 9.97 Å². The number of anilines is 1. The molecule has 34 heavy (non-hydrogen) atoms. The molecule has 4 saturated heterocycles. The first-order valence-corrected chi connectivity index (χ1v) is 12.5. The van der Waals surface area contributed by atoms with Gasteiger partial charge in [0, 0.05) is 25.2 Å². The Morgan fingerprint density at radius 2 is 1.82 bits per heavy atom. The molecule has 0 radical (unpaired) electrons. The Morgan fingerprint density at radius 3 is 2.56 bits per heavy atom. The van der Waals surface area contributed by atoms with Crippen molar-refractivity contribution in [3.63, 3.8) is 0 Å². The molecule has 1 aromatic carbocycles. The van der Waals surface area contributed by atoms with Gasteiger partial charge in [0.15, 0.2) is 11.6 Å². The fourth-order valence-electron chi connectivity index (χ4n) is 6.27. The Labute approximate surface area is 200 Å². The molecular weight excluding hydrogens is 430 g/mol. The van der Waals surface area contributed by atoms with Crippen molar-refractivity contribution in [2.75, 3.05) is 37.7 Å². The van der Waals surface area contributed by atoms with Gasteiger partial charge in [0.05, 0.1) is 5.54 Å². The molecule has 2 unspecified atom stereocenters. The lowest BCUT2D eigenvalue weighted by atomic mass is 9.95. The van der Waals surface area contributed by atoms with Gasteiger partial charge in [-0.15, -0.1) is 0 Å². The van der Waals surface area contributed by atoms with Crippen LogP contribution in [-0.2, 0) is 0 Å². The zero-order valence-corrected chi connectivity index (χ0v) is 19.5. The first kappa shape index (κ1) is 21.7. The van der Waals surface area contributed by atoms with E-state index in [-0.39, 0.29) is 17.0 Å². The predicted molar refractivity (Wildman–Crippen MR) is 131 cm³/mol. The molecule has 1 aromatic heterocycles. The number of fused-ring (bicyclic) bond motifs is 3. The summed E-state index contributed by atoms with van der Waals surface area (Å²) in [5, 5.41) is 24.6. The van der Waals surface area contributed by atoms with Gasteiger partial charge in [0.25, 0.3) is 0 Å². The second-order valence-corrected chi connectivity index (χ2v) is 10.2. The number of nitrogens with zero attached hydrogens (tertiary/aromatic N) is 4. The molecule has 2 aromatic rings. The van der Waals surface area contributed by atoms with E-state index in [1.54, 1.807) is 24.3 Å². The number of phenols is 1. The van der Waals surface area contributed by atoms with Gasteiger partial charge in [0.2, 0.25) is 0 Å². The average Bonchev–Trinajstić information content (AvgIpc) is 3.51. The molecule has 4 aliphatic heterocycles. The molecule has 4 fully saturated rings. The third kappa shape index (κ3) is 4.09. The number of piperazine rings is 1. The number of nitrogens with one attached hydrogen (secondary N) is 1. The van der Waals surface area contributed by atoms with Crippen molar-refractivity contribution < 1.29 is 14.9 Å². The Balaban J connectivity index is 1.31. The number of hydrogen-bond donors (Lipinski definition) is 3. The van der Waals surface area contributed by atoms with Crippen LogP contribution in [0.5, 0.6) is 17.5 Å². The number of phenolic OH excluding ortho intramolecular Hbond substituents is 1. The summed E-state index contributed by atoms with van der Waals surface area (Å²) in [5.41, 5.74) is 1.36. The van der Waals surface area contributed by atoms with Gasteiger partial charge < -0.3 is 25.2 Å². The third-order valence-electron chi connectivity index (χ3n) is 7.97. The lowest BCUT2D eigenvalue weighted by Crippen LogP contribution is -2.51. The number of aromatic nitrogens is 2.